The third-order valence-electron chi connectivity index (χ3n) is 4.64. The maximum Gasteiger partial charge on any atom is 0.137 e. The number of benzene rings is 1. The zero-order valence-electron chi connectivity index (χ0n) is 12.9. The molecule has 5 heteroatoms. The van der Waals surface area contributed by atoms with E-state index in [1.807, 2.05) is 24.4 Å². The maximum absolute atomic E-state index is 5.97. The van der Waals surface area contributed by atoms with E-state index in [0.29, 0.717) is 0 Å². The molecule has 2 N–H and O–H groups in total. The van der Waals surface area contributed by atoms with Crippen LogP contribution < -0.4 is 9.80 Å². The molecule has 4 nitrogen and oxygen atoms in total. The number of aromatic nitrogens is 2. The fourth-order valence-electron chi connectivity index (χ4n) is 3.34. The summed E-state index contributed by atoms with van der Waals surface area (Å²) in [5.74, 6) is 0. The van der Waals surface area contributed by atoms with Crippen LogP contribution in [0.5, 0.6) is 0 Å². The maximum atomic E-state index is 5.97. The molecule has 1 aliphatic rings. The van der Waals surface area contributed by atoms with Crippen LogP contribution in [-0.2, 0) is 6.54 Å². The molecule has 1 aromatic carbocycles. The first-order valence-electron chi connectivity index (χ1n) is 8.05. The summed E-state index contributed by atoms with van der Waals surface area (Å²) in [7, 11) is 0. The summed E-state index contributed by atoms with van der Waals surface area (Å²) >= 11 is 5.97. The largest absolute Gasteiger partial charge is 0.360 e. The van der Waals surface area contributed by atoms with Crippen molar-refractivity contribution in [1.29, 1.82) is 0 Å². The monoisotopic (exact) mass is 327 g/mol. The minimum Gasteiger partial charge on any atom is -0.360 e. The van der Waals surface area contributed by atoms with Crippen molar-refractivity contribution < 1.29 is 4.90 Å². The molecule has 1 saturated heterocycles. The lowest BCUT2D eigenvalue weighted by Crippen LogP contribution is -3.13. The Hall–Kier alpha value is -2.04. The van der Waals surface area contributed by atoms with E-state index in [0.717, 1.165) is 43.4 Å². The second kappa shape index (κ2) is 6.22. The summed E-state index contributed by atoms with van der Waals surface area (Å²) in [6.45, 7) is 5.51. The van der Waals surface area contributed by atoms with Crippen molar-refractivity contribution in [1.82, 2.24) is 9.97 Å². The molecule has 0 atom stereocenters. The molecule has 0 bridgehead atoms. The first-order chi connectivity index (χ1) is 11.3. The minimum absolute atomic E-state index is 0.797. The van der Waals surface area contributed by atoms with E-state index in [2.05, 4.69) is 39.3 Å². The molecule has 0 spiro atoms. The number of fused-ring (bicyclic) bond motifs is 1. The summed E-state index contributed by atoms with van der Waals surface area (Å²) in [4.78, 5) is 11.7. The van der Waals surface area contributed by atoms with Crippen molar-refractivity contribution in [3.05, 3.63) is 59.4 Å². The van der Waals surface area contributed by atoms with E-state index in [1.165, 1.54) is 16.6 Å². The summed E-state index contributed by atoms with van der Waals surface area (Å²) < 4.78 is 0. The van der Waals surface area contributed by atoms with E-state index in [4.69, 9.17) is 11.6 Å². The number of halogens is 1. The number of aromatic amines is 1. The second-order valence-corrected chi connectivity index (χ2v) is 6.54. The van der Waals surface area contributed by atoms with Crippen LogP contribution in [0.2, 0.25) is 5.02 Å². The fraction of sp³-hybridized carbons (Fsp3) is 0.278. The fourth-order valence-corrected chi connectivity index (χ4v) is 3.46. The van der Waals surface area contributed by atoms with Crippen molar-refractivity contribution >= 4 is 28.3 Å². The number of hydrogen-bond acceptors (Lipinski definition) is 2. The number of rotatable bonds is 3. The van der Waals surface area contributed by atoms with Gasteiger partial charge in [0.1, 0.15) is 12.2 Å². The van der Waals surface area contributed by atoms with Gasteiger partial charge in [0, 0.05) is 34.1 Å². The predicted octanol–water partition coefficient (Wildman–Crippen LogP) is 2.12. The van der Waals surface area contributed by atoms with Crippen molar-refractivity contribution in [3.8, 4) is 0 Å². The van der Waals surface area contributed by atoms with Crippen LogP contribution in [0.1, 0.15) is 5.56 Å². The molecule has 2 aromatic heterocycles. The third kappa shape index (κ3) is 3.05. The average molecular weight is 328 g/mol. The first-order valence-corrected chi connectivity index (χ1v) is 8.42. The molecule has 0 unspecified atom stereocenters. The smallest absolute Gasteiger partial charge is 0.137 e. The standard InChI is InChI=1S/C18H19ClN4/c19-15-3-5-16(6-4-15)23-10-8-22(9-11-23)13-14-12-21-18-17(14)2-1-7-20-18/h1-7,12H,8-11,13H2,(H,20,21)/p+1. The van der Waals surface area contributed by atoms with Crippen LogP contribution in [0, 0.1) is 0 Å². The van der Waals surface area contributed by atoms with E-state index < -0.39 is 0 Å². The van der Waals surface area contributed by atoms with Gasteiger partial charge in [0.2, 0.25) is 0 Å². The topological polar surface area (TPSA) is 36.4 Å². The van der Waals surface area contributed by atoms with Crippen LogP contribution in [0.25, 0.3) is 11.0 Å². The summed E-state index contributed by atoms with van der Waals surface area (Å²) in [5, 5.41) is 2.05. The SMILES string of the molecule is Clc1ccc(N2CC[NH+](Cc3c[nH]c4ncccc34)CC2)cc1. The van der Waals surface area contributed by atoms with Gasteiger partial charge in [-0.3, -0.25) is 0 Å². The van der Waals surface area contributed by atoms with E-state index >= 15 is 0 Å². The van der Waals surface area contributed by atoms with Crippen molar-refractivity contribution in [2.45, 2.75) is 6.54 Å². The summed E-state index contributed by atoms with van der Waals surface area (Å²) in [5.41, 5.74) is 3.62. The predicted molar refractivity (Wildman–Crippen MR) is 94.2 cm³/mol. The van der Waals surface area contributed by atoms with Crippen LogP contribution in [-0.4, -0.2) is 36.1 Å². The minimum atomic E-state index is 0.797. The molecule has 3 aromatic rings. The molecule has 0 aliphatic carbocycles. The molecule has 118 valence electrons. The zero-order valence-corrected chi connectivity index (χ0v) is 13.7. The number of pyridine rings is 1. The molecule has 0 radical (unpaired) electrons. The number of nitrogens with one attached hydrogen (secondary N) is 2. The van der Waals surface area contributed by atoms with Crippen LogP contribution in [0.4, 0.5) is 5.69 Å². The van der Waals surface area contributed by atoms with Gasteiger partial charge in [-0.15, -0.1) is 0 Å². The molecule has 0 amide bonds. The van der Waals surface area contributed by atoms with E-state index in [1.54, 1.807) is 4.90 Å². The Morgan fingerprint density at radius 3 is 2.70 bits per heavy atom. The Morgan fingerprint density at radius 2 is 1.91 bits per heavy atom. The summed E-state index contributed by atoms with van der Waals surface area (Å²) in [6, 6.07) is 12.3. The molecule has 0 saturated carbocycles. The highest BCUT2D eigenvalue weighted by Crippen LogP contribution is 2.18. The quantitative estimate of drug-likeness (QED) is 0.773. The molecule has 1 fully saturated rings. The van der Waals surface area contributed by atoms with Gasteiger partial charge in [0.05, 0.1) is 26.2 Å². The third-order valence-corrected chi connectivity index (χ3v) is 4.89. The molecular weight excluding hydrogens is 308 g/mol. The number of piperazine rings is 1. The number of nitrogens with zero attached hydrogens (tertiary/aromatic N) is 2. The second-order valence-electron chi connectivity index (χ2n) is 6.10. The molecule has 23 heavy (non-hydrogen) atoms. The average Bonchev–Trinajstić information content (AvgIpc) is 3.00. The molecule has 4 rings (SSSR count). The Morgan fingerprint density at radius 1 is 1.13 bits per heavy atom. The highest BCUT2D eigenvalue weighted by Gasteiger charge is 2.21. The highest BCUT2D eigenvalue weighted by molar-refractivity contribution is 6.30. The van der Waals surface area contributed by atoms with E-state index in [-0.39, 0.29) is 0 Å². The molecule has 3 heterocycles. The van der Waals surface area contributed by atoms with Crippen molar-refractivity contribution in [2.24, 2.45) is 0 Å². The lowest BCUT2D eigenvalue weighted by Gasteiger charge is -2.33. The van der Waals surface area contributed by atoms with Gasteiger partial charge in [-0.2, -0.15) is 0 Å². The van der Waals surface area contributed by atoms with Gasteiger partial charge in [-0.1, -0.05) is 11.6 Å². The summed E-state index contributed by atoms with van der Waals surface area (Å²) in [6.07, 6.45) is 3.94. The van der Waals surface area contributed by atoms with Gasteiger partial charge in [-0.25, -0.2) is 4.98 Å². The molecular formula is C18H20ClN4+. The van der Waals surface area contributed by atoms with Gasteiger partial charge in [-0.05, 0) is 36.4 Å². The number of H-pyrrole nitrogens is 1. The van der Waals surface area contributed by atoms with Crippen molar-refractivity contribution in [3.63, 3.8) is 0 Å². The zero-order chi connectivity index (χ0) is 15.6. The van der Waals surface area contributed by atoms with Crippen molar-refractivity contribution in [2.75, 3.05) is 31.1 Å². The number of quaternary nitrogens is 1. The Bertz CT molecular complexity index is 788. The molecule has 1 aliphatic heterocycles. The van der Waals surface area contributed by atoms with Gasteiger partial charge < -0.3 is 14.8 Å². The Balaban J connectivity index is 1.41. The van der Waals surface area contributed by atoms with Crippen LogP contribution in [0.3, 0.4) is 0 Å². The Kier molecular flexibility index (Phi) is 3.93. The first kappa shape index (κ1) is 14.5. The van der Waals surface area contributed by atoms with Gasteiger partial charge in [0.15, 0.2) is 0 Å². The Labute approximate surface area is 140 Å². The lowest BCUT2D eigenvalue weighted by molar-refractivity contribution is -0.914. The van der Waals surface area contributed by atoms with Gasteiger partial charge >= 0.3 is 0 Å². The van der Waals surface area contributed by atoms with Gasteiger partial charge in [0.25, 0.3) is 0 Å². The number of anilines is 1. The van der Waals surface area contributed by atoms with Crippen LogP contribution in [0.15, 0.2) is 48.8 Å². The van der Waals surface area contributed by atoms with E-state index in [9.17, 15) is 0 Å². The number of hydrogen-bond donors (Lipinski definition) is 2. The van der Waals surface area contributed by atoms with Crippen LogP contribution >= 0.6 is 11.6 Å². The lowest BCUT2D eigenvalue weighted by atomic mass is 10.2. The highest BCUT2D eigenvalue weighted by atomic mass is 35.5. The normalized spacial score (nSPS) is 16.1.